The molecule has 0 unspecified atom stereocenters. The number of hydrogen-bond donors (Lipinski definition) is 0. The maximum atomic E-state index is 6.03. The van der Waals surface area contributed by atoms with Gasteiger partial charge in [0.2, 0.25) is 0 Å². The number of benzene rings is 1. The molecule has 0 fully saturated rings. The second kappa shape index (κ2) is 5.70. The van der Waals surface area contributed by atoms with Gasteiger partial charge in [0.15, 0.2) is 0 Å². The normalized spacial score (nSPS) is 11.1. The quantitative estimate of drug-likeness (QED) is 0.617. The van der Waals surface area contributed by atoms with Crippen molar-refractivity contribution in [1.82, 2.24) is 0 Å². The molecule has 1 heterocycles. The fourth-order valence-corrected chi connectivity index (χ4v) is 3.07. The van der Waals surface area contributed by atoms with Gasteiger partial charge < -0.3 is 0 Å². The average Bonchev–Trinajstić information content (AvgIpc) is 2.67. The van der Waals surface area contributed by atoms with Crippen LogP contribution in [0.1, 0.15) is 31.2 Å². The van der Waals surface area contributed by atoms with Crippen LogP contribution in [0.25, 0.3) is 10.1 Å². The van der Waals surface area contributed by atoms with E-state index in [1.807, 2.05) is 17.4 Å². The molecule has 16 heavy (non-hydrogen) atoms. The standard InChI is InChI=1S/C14H16ClS/c1-2-3-4-5-6-11-10-16-14-8-7-12(15)9-13(11)14/h7-10H,1-6H2. The first kappa shape index (κ1) is 11.9. The largest absolute Gasteiger partial charge is 0.144 e. The van der Waals surface area contributed by atoms with E-state index in [4.69, 9.17) is 11.6 Å². The Morgan fingerprint density at radius 3 is 2.88 bits per heavy atom. The van der Waals surface area contributed by atoms with E-state index in [2.05, 4.69) is 24.4 Å². The second-order valence-electron chi connectivity index (χ2n) is 4.07. The summed E-state index contributed by atoms with van der Waals surface area (Å²) in [7, 11) is 0. The lowest BCUT2D eigenvalue weighted by Crippen LogP contribution is -1.83. The van der Waals surface area contributed by atoms with Gasteiger partial charge in [0, 0.05) is 9.72 Å². The topological polar surface area (TPSA) is 0 Å². The molecule has 0 saturated carbocycles. The summed E-state index contributed by atoms with van der Waals surface area (Å²) in [5.74, 6) is 0. The maximum absolute atomic E-state index is 6.03. The van der Waals surface area contributed by atoms with Crippen molar-refractivity contribution in [2.75, 3.05) is 0 Å². The van der Waals surface area contributed by atoms with E-state index in [9.17, 15) is 0 Å². The van der Waals surface area contributed by atoms with Crippen molar-refractivity contribution in [3.63, 3.8) is 0 Å². The van der Waals surface area contributed by atoms with Crippen molar-refractivity contribution in [3.8, 4) is 0 Å². The van der Waals surface area contributed by atoms with Crippen LogP contribution in [0.5, 0.6) is 0 Å². The van der Waals surface area contributed by atoms with Crippen molar-refractivity contribution in [3.05, 3.63) is 41.1 Å². The van der Waals surface area contributed by atoms with E-state index < -0.39 is 0 Å². The van der Waals surface area contributed by atoms with Crippen molar-refractivity contribution in [2.45, 2.75) is 32.1 Å². The van der Waals surface area contributed by atoms with Crippen molar-refractivity contribution < 1.29 is 0 Å². The Morgan fingerprint density at radius 2 is 2.06 bits per heavy atom. The summed E-state index contributed by atoms with van der Waals surface area (Å²) in [5.41, 5.74) is 1.45. The van der Waals surface area contributed by atoms with Crippen molar-refractivity contribution in [1.29, 1.82) is 0 Å². The van der Waals surface area contributed by atoms with Gasteiger partial charge in [-0.05, 0) is 47.4 Å². The molecule has 0 spiro atoms. The highest BCUT2D eigenvalue weighted by atomic mass is 35.5. The highest BCUT2D eigenvalue weighted by Crippen LogP contribution is 2.29. The molecule has 0 N–H and O–H groups in total. The Labute approximate surface area is 106 Å². The number of rotatable bonds is 5. The van der Waals surface area contributed by atoms with E-state index in [0.29, 0.717) is 0 Å². The molecule has 85 valence electrons. The molecular weight excluding hydrogens is 236 g/mol. The smallest absolute Gasteiger partial charge is 0.0413 e. The highest BCUT2D eigenvalue weighted by molar-refractivity contribution is 7.17. The zero-order valence-corrected chi connectivity index (χ0v) is 10.9. The van der Waals surface area contributed by atoms with Gasteiger partial charge in [-0.2, -0.15) is 0 Å². The summed E-state index contributed by atoms with van der Waals surface area (Å²) in [4.78, 5) is 0. The summed E-state index contributed by atoms with van der Waals surface area (Å²) < 4.78 is 1.34. The molecule has 0 aliphatic heterocycles. The zero-order chi connectivity index (χ0) is 11.4. The van der Waals surface area contributed by atoms with Crippen LogP contribution in [0.15, 0.2) is 23.6 Å². The first-order valence-electron chi connectivity index (χ1n) is 5.76. The summed E-state index contributed by atoms with van der Waals surface area (Å²) in [6, 6.07) is 6.17. The Kier molecular flexibility index (Phi) is 4.25. The molecule has 2 heteroatoms. The van der Waals surface area contributed by atoms with E-state index in [1.54, 1.807) is 0 Å². The van der Waals surface area contributed by atoms with Crippen LogP contribution in [0.2, 0.25) is 5.02 Å². The fraction of sp³-hybridized carbons (Fsp3) is 0.357. The van der Waals surface area contributed by atoms with Crippen molar-refractivity contribution in [2.24, 2.45) is 0 Å². The van der Waals surface area contributed by atoms with Crippen LogP contribution >= 0.6 is 22.9 Å². The third kappa shape index (κ3) is 2.78. The van der Waals surface area contributed by atoms with Gasteiger partial charge in [-0.1, -0.05) is 37.8 Å². The Hall–Kier alpha value is -0.530. The average molecular weight is 252 g/mol. The molecule has 1 radical (unpaired) electrons. The number of hydrogen-bond acceptors (Lipinski definition) is 1. The third-order valence-corrected chi connectivity index (χ3v) is 4.06. The van der Waals surface area contributed by atoms with Crippen LogP contribution in [0.4, 0.5) is 0 Å². The number of fused-ring (bicyclic) bond motifs is 1. The maximum Gasteiger partial charge on any atom is 0.0413 e. The van der Waals surface area contributed by atoms with Crippen LogP contribution < -0.4 is 0 Å². The minimum Gasteiger partial charge on any atom is -0.144 e. The van der Waals surface area contributed by atoms with Gasteiger partial charge in [0.05, 0.1) is 0 Å². The number of halogens is 1. The summed E-state index contributed by atoms with van der Waals surface area (Å²) in [6.07, 6.45) is 5.99. The van der Waals surface area contributed by atoms with Gasteiger partial charge >= 0.3 is 0 Å². The first-order valence-corrected chi connectivity index (χ1v) is 7.02. The molecule has 0 amide bonds. The van der Waals surface area contributed by atoms with E-state index in [0.717, 1.165) is 11.4 Å². The van der Waals surface area contributed by atoms with Gasteiger partial charge in [0.25, 0.3) is 0 Å². The molecule has 1 aromatic heterocycles. The van der Waals surface area contributed by atoms with Crippen LogP contribution in [0.3, 0.4) is 0 Å². The van der Waals surface area contributed by atoms with Crippen molar-refractivity contribution >= 4 is 33.0 Å². The molecule has 0 nitrogen and oxygen atoms in total. The molecule has 0 saturated heterocycles. The van der Waals surface area contributed by atoms with Gasteiger partial charge in [0.1, 0.15) is 0 Å². The van der Waals surface area contributed by atoms with Gasteiger partial charge in [-0.3, -0.25) is 0 Å². The number of thiophene rings is 1. The lowest BCUT2D eigenvalue weighted by Gasteiger charge is -2.00. The Morgan fingerprint density at radius 1 is 1.19 bits per heavy atom. The molecule has 0 aliphatic rings. The SMILES string of the molecule is [CH2]CCCCCc1csc2ccc(Cl)cc12. The lowest BCUT2D eigenvalue weighted by atomic mass is 10.1. The summed E-state index contributed by atoms with van der Waals surface area (Å²) >= 11 is 7.84. The Bertz CT molecular complexity index is 459. The molecule has 0 bridgehead atoms. The first-order chi connectivity index (χ1) is 7.81. The minimum atomic E-state index is 0.838. The molecule has 2 rings (SSSR count). The lowest BCUT2D eigenvalue weighted by molar-refractivity contribution is 0.688. The monoisotopic (exact) mass is 251 g/mol. The van der Waals surface area contributed by atoms with Crippen LogP contribution in [0, 0.1) is 6.92 Å². The van der Waals surface area contributed by atoms with E-state index in [1.165, 1.54) is 41.3 Å². The molecular formula is C14H16ClS. The summed E-state index contributed by atoms with van der Waals surface area (Å²) in [6.45, 7) is 3.87. The van der Waals surface area contributed by atoms with Crippen LogP contribution in [-0.2, 0) is 6.42 Å². The minimum absolute atomic E-state index is 0.838. The third-order valence-electron chi connectivity index (χ3n) is 2.81. The predicted octanol–water partition coefficient (Wildman–Crippen LogP) is 5.49. The Balaban J connectivity index is 2.09. The molecule has 1 aromatic carbocycles. The van der Waals surface area contributed by atoms with Crippen LogP contribution in [-0.4, -0.2) is 0 Å². The number of unbranched alkanes of at least 4 members (excludes halogenated alkanes) is 3. The van der Waals surface area contributed by atoms with Gasteiger partial charge in [-0.25, -0.2) is 0 Å². The molecule has 2 aromatic rings. The fourth-order valence-electron chi connectivity index (χ4n) is 1.92. The molecule has 0 aliphatic carbocycles. The van der Waals surface area contributed by atoms with Gasteiger partial charge in [-0.15, -0.1) is 11.3 Å². The van der Waals surface area contributed by atoms with E-state index >= 15 is 0 Å². The predicted molar refractivity (Wildman–Crippen MR) is 74.4 cm³/mol. The molecule has 0 atom stereocenters. The second-order valence-corrected chi connectivity index (χ2v) is 5.41. The number of aryl methyl sites for hydroxylation is 1. The summed E-state index contributed by atoms with van der Waals surface area (Å²) in [5, 5.41) is 4.45. The zero-order valence-electron chi connectivity index (χ0n) is 9.34. The van der Waals surface area contributed by atoms with E-state index in [-0.39, 0.29) is 0 Å². The highest BCUT2D eigenvalue weighted by Gasteiger charge is 2.04.